The van der Waals surface area contributed by atoms with Crippen LogP contribution >= 0.6 is 0 Å². The molecule has 2 aliphatic heterocycles. The van der Waals surface area contributed by atoms with Crippen molar-refractivity contribution in [2.75, 3.05) is 9.80 Å². The molecular weight excluding hydrogens is 1270 g/mol. The third-order valence-electron chi connectivity index (χ3n) is 21.5. The minimum atomic E-state index is -2.85. The zero-order chi connectivity index (χ0) is 69.7. The van der Waals surface area contributed by atoms with Gasteiger partial charge in [-0.1, -0.05) is 373 Å². The maximum atomic E-state index is 2.70. The molecule has 16 aromatic rings. The second-order valence-electron chi connectivity index (χ2n) is 28.7. The molecule has 0 unspecified atom stereocenters. The molecule has 492 valence electrons. The highest BCUT2D eigenvalue weighted by Crippen LogP contribution is 2.55. The molecule has 0 aliphatic carbocycles. The van der Waals surface area contributed by atoms with Gasteiger partial charge in [0.1, 0.15) is 0 Å². The van der Waals surface area contributed by atoms with Gasteiger partial charge in [0.15, 0.2) is 8.07 Å². The Bertz CT molecular complexity index is 5560. The number of hydrogen-bond acceptors (Lipinski definition) is 2. The summed E-state index contributed by atoms with van der Waals surface area (Å²) >= 11 is 0. The van der Waals surface area contributed by atoms with Gasteiger partial charge < -0.3 is 9.80 Å². The standard InChI is InChI=1S/C100H75BN2Si/c1-100(2,3)82-68-95-97-96(69-82)103(99-89(76-44-24-9-25-45-76)64-81(72-38-18-6-19-39-72)65-90(99)77-46-26-10-27-47-77)94-67-79(70-34-14-4-15-35-70)56-60-91(94)101(97)92-66-78(73-54-58-86(59-55-73)104(83-48-28-11-29-49-83,84-50-30-12-31-51-84)85-52-32-13-33-53-85)57-61-93(92)102(95)98-87(74-40-20-7-21-41-74)62-80(71-36-16-5-17-37-71)63-88(98)75-42-22-8-23-43-75/h4-69H,1-3H3. The number of nitrogens with zero attached hydrogens (tertiary/aromatic N) is 2. The van der Waals surface area contributed by atoms with Gasteiger partial charge in [0.25, 0.3) is 6.71 Å². The number of anilines is 6. The summed E-state index contributed by atoms with van der Waals surface area (Å²) in [5.74, 6) is 0. The molecule has 0 N–H and O–H groups in total. The van der Waals surface area contributed by atoms with E-state index in [2.05, 4.69) is 431 Å². The van der Waals surface area contributed by atoms with E-state index in [0.29, 0.717) is 0 Å². The number of hydrogen-bond donors (Lipinski definition) is 0. The molecule has 0 spiro atoms. The van der Waals surface area contributed by atoms with Gasteiger partial charge in [0.05, 0.1) is 11.4 Å². The Hall–Kier alpha value is -12.6. The molecule has 2 aliphatic rings. The van der Waals surface area contributed by atoms with Gasteiger partial charge in [-0.25, -0.2) is 0 Å². The lowest BCUT2D eigenvalue weighted by molar-refractivity contribution is 0.590. The highest BCUT2D eigenvalue weighted by molar-refractivity contribution is 7.20. The van der Waals surface area contributed by atoms with Crippen LogP contribution in [-0.2, 0) is 5.41 Å². The first-order valence-electron chi connectivity index (χ1n) is 36.3. The molecule has 0 bridgehead atoms. The Balaban J connectivity index is 0.971. The van der Waals surface area contributed by atoms with Crippen LogP contribution in [0.4, 0.5) is 34.1 Å². The number of rotatable bonds is 14. The van der Waals surface area contributed by atoms with E-state index in [4.69, 9.17) is 0 Å². The van der Waals surface area contributed by atoms with Gasteiger partial charge in [0, 0.05) is 45.0 Å². The summed E-state index contributed by atoms with van der Waals surface area (Å²) in [5, 5.41) is 5.39. The second kappa shape index (κ2) is 26.7. The van der Waals surface area contributed by atoms with Crippen LogP contribution in [0.5, 0.6) is 0 Å². The lowest BCUT2D eigenvalue weighted by Crippen LogP contribution is -2.74. The maximum absolute atomic E-state index is 2.85. The monoisotopic (exact) mass is 1340 g/mol. The van der Waals surface area contributed by atoms with Crippen molar-refractivity contribution in [3.8, 4) is 89.0 Å². The van der Waals surface area contributed by atoms with Crippen LogP contribution in [0.15, 0.2) is 400 Å². The first-order valence-corrected chi connectivity index (χ1v) is 38.3. The number of benzene rings is 16. The average molecular weight is 1340 g/mol. The summed E-state index contributed by atoms with van der Waals surface area (Å²) in [6.07, 6.45) is 0. The van der Waals surface area contributed by atoms with Gasteiger partial charge in [-0.3, -0.25) is 0 Å². The van der Waals surface area contributed by atoms with Crippen LogP contribution in [0.1, 0.15) is 26.3 Å². The van der Waals surface area contributed by atoms with E-state index in [1.165, 1.54) is 42.7 Å². The van der Waals surface area contributed by atoms with Crippen LogP contribution < -0.4 is 46.9 Å². The maximum Gasteiger partial charge on any atom is 0.252 e. The topological polar surface area (TPSA) is 6.48 Å². The molecule has 2 nitrogen and oxygen atoms in total. The normalized spacial score (nSPS) is 12.3. The Morgan fingerprint density at radius 2 is 0.510 bits per heavy atom. The Labute approximate surface area is 612 Å². The van der Waals surface area contributed by atoms with E-state index >= 15 is 0 Å². The first-order chi connectivity index (χ1) is 51.2. The van der Waals surface area contributed by atoms with Crippen molar-refractivity contribution in [3.63, 3.8) is 0 Å². The van der Waals surface area contributed by atoms with E-state index in [0.717, 1.165) is 123 Å². The SMILES string of the molecule is CC(C)(C)c1cc2c3c(c1)N(c1c(-c4ccccc4)cc(-c4ccccc4)cc1-c1ccccc1)c1cc(-c4ccccc4)ccc1B3c1cc(-c3ccc([Si](c4ccccc4)(c4ccccc4)c4ccccc4)cc3)ccc1N2c1c(-c2ccccc2)cc(-c2ccccc2)cc1-c1ccccc1. The predicted molar refractivity (Wildman–Crippen MR) is 446 cm³/mol. The van der Waals surface area contributed by atoms with Crippen LogP contribution in [-0.4, -0.2) is 14.8 Å². The van der Waals surface area contributed by atoms with Crippen molar-refractivity contribution in [1.29, 1.82) is 0 Å². The van der Waals surface area contributed by atoms with E-state index in [1.54, 1.807) is 0 Å². The van der Waals surface area contributed by atoms with Crippen molar-refractivity contribution < 1.29 is 0 Å². The van der Waals surface area contributed by atoms with E-state index in [1.807, 2.05) is 0 Å². The minimum Gasteiger partial charge on any atom is -0.310 e. The minimum absolute atomic E-state index is 0.238. The molecule has 0 amide bonds. The molecule has 0 saturated carbocycles. The summed E-state index contributed by atoms with van der Waals surface area (Å²) in [6, 6.07) is 151. The Morgan fingerprint density at radius 1 is 0.221 bits per heavy atom. The second-order valence-corrected chi connectivity index (χ2v) is 32.5. The Kier molecular flexibility index (Phi) is 16.3. The highest BCUT2D eigenvalue weighted by atomic mass is 28.3. The van der Waals surface area contributed by atoms with Crippen molar-refractivity contribution in [2.24, 2.45) is 0 Å². The smallest absolute Gasteiger partial charge is 0.252 e. The summed E-state index contributed by atoms with van der Waals surface area (Å²) in [4.78, 5) is 5.40. The van der Waals surface area contributed by atoms with Crippen LogP contribution in [0.25, 0.3) is 89.0 Å². The fraction of sp³-hybridized carbons (Fsp3) is 0.0400. The largest absolute Gasteiger partial charge is 0.310 e. The molecule has 16 aromatic carbocycles. The summed E-state index contributed by atoms with van der Waals surface area (Å²) in [7, 11) is -2.85. The van der Waals surface area contributed by atoms with Crippen molar-refractivity contribution in [3.05, 3.63) is 406 Å². The van der Waals surface area contributed by atoms with Crippen LogP contribution in [0, 0.1) is 0 Å². The highest BCUT2D eigenvalue weighted by Gasteiger charge is 2.47. The molecule has 4 heteroatoms. The zero-order valence-corrected chi connectivity index (χ0v) is 59.6. The number of fused-ring (bicyclic) bond motifs is 4. The van der Waals surface area contributed by atoms with Crippen molar-refractivity contribution in [2.45, 2.75) is 26.2 Å². The molecule has 0 atom stereocenters. The fourth-order valence-corrected chi connectivity index (χ4v) is 21.3. The lowest BCUT2D eigenvalue weighted by Gasteiger charge is -2.46. The summed E-state index contributed by atoms with van der Waals surface area (Å²) < 4.78 is 0. The van der Waals surface area contributed by atoms with Gasteiger partial charge in [-0.15, -0.1) is 0 Å². The van der Waals surface area contributed by atoms with Gasteiger partial charge in [-0.05, 0) is 163 Å². The fourth-order valence-electron chi connectivity index (χ4n) is 16.6. The van der Waals surface area contributed by atoms with Gasteiger partial charge in [0.2, 0.25) is 0 Å². The molecule has 0 fully saturated rings. The van der Waals surface area contributed by atoms with Gasteiger partial charge in [-0.2, -0.15) is 0 Å². The molecule has 0 radical (unpaired) electrons. The molecule has 18 rings (SSSR count). The zero-order valence-electron chi connectivity index (χ0n) is 58.6. The third kappa shape index (κ3) is 11.2. The van der Waals surface area contributed by atoms with E-state index in [-0.39, 0.29) is 12.1 Å². The van der Waals surface area contributed by atoms with Gasteiger partial charge >= 0.3 is 0 Å². The average Bonchev–Trinajstić information content (AvgIpc) is 0.687. The van der Waals surface area contributed by atoms with Crippen LogP contribution in [0.2, 0.25) is 0 Å². The third-order valence-corrected chi connectivity index (χ3v) is 26.3. The van der Waals surface area contributed by atoms with Crippen LogP contribution in [0.3, 0.4) is 0 Å². The summed E-state index contributed by atoms with van der Waals surface area (Å²) in [6.45, 7) is 6.92. The van der Waals surface area contributed by atoms with E-state index in [9.17, 15) is 0 Å². The molecule has 0 saturated heterocycles. The summed E-state index contributed by atoms with van der Waals surface area (Å²) in [5.41, 5.74) is 29.8. The molecular formula is C100H75BN2Si. The molecule has 0 aromatic heterocycles. The quantitative estimate of drug-likeness (QED) is 0.0791. The van der Waals surface area contributed by atoms with E-state index < -0.39 is 8.07 Å². The van der Waals surface area contributed by atoms with Crippen molar-refractivity contribution in [1.82, 2.24) is 0 Å². The molecule has 2 heterocycles. The van der Waals surface area contributed by atoms with Crippen molar-refractivity contribution >= 4 is 86.0 Å². The predicted octanol–water partition coefficient (Wildman–Crippen LogP) is 21.8. The Morgan fingerprint density at radius 3 is 0.875 bits per heavy atom. The molecule has 104 heavy (non-hydrogen) atoms. The lowest BCUT2D eigenvalue weighted by atomic mass is 9.33. The first kappa shape index (κ1) is 63.6.